The lowest BCUT2D eigenvalue weighted by atomic mass is 10.0. The number of amides is 2. The van der Waals surface area contributed by atoms with Gasteiger partial charge in [0.25, 0.3) is 6.47 Å². The van der Waals surface area contributed by atoms with Gasteiger partial charge in [-0.15, -0.1) is 13.2 Å². The molecule has 0 spiro atoms. The number of hydrogen-bond acceptors (Lipinski definition) is 6. The summed E-state index contributed by atoms with van der Waals surface area (Å²) in [5.74, 6) is -0.565. The number of piperidine rings is 1. The van der Waals surface area contributed by atoms with Gasteiger partial charge in [0.05, 0.1) is 4.48 Å². The number of ether oxygens (including phenoxy) is 2. The summed E-state index contributed by atoms with van der Waals surface area (Å²) in [6.07, 6.45) is -1.63. The van der Waals surface area contributed by atoms with Gasteiger partial charge in [0, 0.05) is 44.0 Å². The number of halogens is 4. The predicted molar refractivity (Wildman–Crippen MR) is 132 cm³/mol. The molecule has 0 bridgehead atoms. The molecule has 35 heavy (non-hydrogen) atoms. The number of likely N-dealkylation sites (tertiary alicyclic amines) is 1. The molecule has 2 aliphatic rings. The molecule has 0 radical (unpaired) electrons. The van der Waals surface area contributed by atoms with E-state index in [-0.39, 0.29) is 15.8 Å². The molecule has 0 aliphatic carbocycles. The Labute approximate surface area is 213 Å². The monoisotopic (exact) mass is 568 g/mol. The van der Waals surface area contributed by atoms with Crippen molar-refractivity contribution in [2.75, 3.05) is 46.3 Å². The van der Waals surface area contributed by atoms with Crippen LogP contribution in [-0.2, 0) is 14.3 Å². The molecular formula is C23H36BrF3N4O4. The van der Waals surface area contributed by atoms with E-state index in [9.17, 15) is 22.8 Å². The van der Waals surface area contributed by atoms with Crippen LogP contribution in [0.3, 0.4) is 0 Å². The highest BCUT2D eigenvalue weighted by atomic mass is 79.9. The van der Waals surface area contributed by atoms with Crippen molar-refractivity contribution in [2.24, 2.45) is 0 Å². The lowest BCUT2D eigenvalue weighted by Gasteiger charge is -2.42. The van der Waals surface area contributed by atoms with Crippen molar-refractivity contribution in [2.45, 2.75) is 51.6 Å². The number of carbonyl (C=O) groups excluding carboxylic acids is 2. The van der Waals surface area contributed by atoms with E-state index in [2.05, 4.69) is 60.7 Å². The van der Waals surface area contributed by atoms with Crippen molar-refractivity contribution in [1.82, 2.24) is 20.0 Å². The first-order valence-electron chi connectivity index (χ1n) is 11.2. The third-order valence-electron chi connectivity index (χ3n) is 5.27. The second kappa shape index (κ2) is 13.9. The number of nitrogens with zero attached hydrogens (tertiary/aromatic N) is 3. The normalized spacial score (nSPS) is 18.7. The largest absolute Gasteiger partial charge is 0.573 e. The van der Waals surface area contributed by atoms with Crippen molar-refractivity contribution in [3.63, 3.8) is 0 Å². The minimum absolute atomic E-state index is 0.0115. The summed E-state index contributed by atoms with van der Waals surface area (Å²) in [6, 6.07) is 0.155. The molecule has 2 rings (SSSR count). The fourth-order valence-electron chi connectivity index (χ4n) is 3.49. The van der Waals surface area contributed by atoms with Gasteiger partial charge in [-0.2, -0.15) is 0 Å². The molecule has 0 aromatic rings. The SMILES string of the molecule is C=C(/C=C(/OC(F)(F)F)C(=C)Br)NC(=O)N1CCN(C2CCN(C)CC2)CC1.CC(C)(C)OC=O. The maximum absolute atomic E-state index is 12.4. The zero-order valence-corrected chi connectivity index (χ0v) is 22.4. The molecule has 2 saturated heterocycles. The number of carbonyl (C=O) groups is 2. The smallest absolute Gasteiger partial charge is 0.462 e. The summed E-state index contributed by atoms with van der Waals surface area (Å²) in [4.78, 5) is 28.3. The zero-order valence-electron chi connectivity index (χ0n) is 20.8. The Kier molecular flexibility index (Phi) is 12.3. The van der Waals surface area contributed by atoms with Crippen molar-refractivity contribution in [3.8, 4) is 0 Å². The van der Waals surface area contributed by atoms with Gasteiger partial charge < -0.3 is 24.6 Å². The van der Waals surface area contributed by atoms with E-state index in [1.165, 1.54) is 0 Å². The molecular weight excluding hydrogens is 533 g/mol. The van der Waals surface area contributed by atoms with E-state index in [1.807, 2.05) is 20.8 Å². The summed E-state index contributed by atoms with van der Waals surface area (Å²) in [5.41, 5.74) is -0.329. The molecule has 200 valence electrons. The van der Waals surface area contributed by atoms with Gasteiger partial charge in [0.15, 0.2) is 0 Å². The van der Waals surface area contributed by atoms with Gasteiger partial charge in [-0.3, -0.25) is 9.69 Å². The van der Waals surface area contributed by atoms with Crippen LogP contribution in [0.25, 0.3) is 0 Å². The van der Waals surface area contributed by atoms with Crippen LogP contribution in [0.2, 0.25) is 0 Å². The molecule has 2 fully saturated rings. The van der Waals surface area contributed by atoms with E-state index in [0.717, 1.165) is 45.1 Å². The third kappa shape index (κ3) is 13.0. The summed E-state index contributed by atoms with van der Waals surface area (Å²) in [6.45, 7) is 17.7. The predicted octanol–water partition coefficient (Wildman–Crippen LogP) is 4.21. The standard InChI is InChI=1S/C18H26BrF3N4O2.C5H10O2/c1-13(12-16(14(2)19)28-18(20,21)22)23-17(27)26-10-8-25(9-11-26)15-4-6-24(3)7-5-15;1-5(2,3)7-4-6/h12,15H,1-2,4-11H2,3H3,(H,23,27);4H,1-3H3/b16-12+;. The second-order valence-corrected chi connectivity index (χ2v) is 10.3. The van der Waals surface area contributed by atoms with Crippen LogP contribution < -0.4 is 5.32 Å². The van der Waals surface area contributed by atoms with Crippen LogP contribution in [0, 0.1) is 0 Å². The van der Waals surface area contributed by atoms with E-state index >= 15 is 0 Å². The van der Waals surface area contributed by atoms with Crippen molar-refractivity contribution < 1.29 is 32.2 Å². The molecule has 8 nitrogen and oxygen atoms in total. The lowest BCUT2D eigenvalue weighted by Crippen LogP contribution is -2.55. The maximum atomic E-state index is 12.4. The summed E-state index contributed by atoms with van der Waals surface area (Å²) in [7, 11) is 2.12. The molecule has 12 heteroatoms. The Morgan fingerprint density at radius 3 is 2.00 bits per heavy atom. The van der Waals surface area contributed by atoms with E-state index in [1.54, 1.807) is 4.90 Å². The van der Waals surface area contributed by atoms with Crippen LogP contribution in [0.5, 0.6) is 0 Å². The quantitative estimate of drug-likeness (QED) is 0.294. The number of urea groups is 1. The van der Waals surface area contributed by atoms with Crippen molar-refractivity contribution in [3.05, 3.63) is 35.2 Å². The zero-order chi connectivity index (χ0) is 26.8. The molecule has 1 N–H and O–H groups in total. The van der Waals surface area contributed by atoms with Gasteiger partial charge in [-0.05, 0) is 69.7 Å². The van der Waals surface area contributed by atoms with Crippen LogP contribution in [0.15, 0.2) is 35.2 Å². The topological polar surface area (TPSA) is 74.3 Å². The van der Waals surface area contributed by atoms with E-state index in [4.69, 9.17) is 0 Å². The van der Waals surface area contributed by atoms with Crippen molar-refractivity contribution >= 4 is 28.4 Å². The van der Waals surface area contributed by atoms with Gasteiger partial charge >= 0.3 is 12.4 Å². The molecule has 0 saturated carbocycles. The Bertz CT molecular complexity index is 768. The number of rotatable bonds is 6. The molecule has 0 atom stereocenters. The second-order valence-electron chi connectivity index (χ2n) is 9.30. The average Bonchev–Trinajstić information content (AvgIpc) is 2.72. The fourth-order valence-corrected chi connectivity index (χ4v) is 3.69. The minimum atomic E-state index is -4.86. The first-order chi connectivity index (χ1) is 16.1. The van der Waals surface area contributed by atoms with Gasteiger partial charge in [0.1, 0.15) is 11.4 Å². The summed E-state index contributed by atoms with van der Waals surface area (Å²) < 4.78 is 45.6. The number of alkyl halides is 3. The van der Waals surface area contributed by atoms with Crippen molar-refractivity contribution in [1.29, 1.82) is 0 Å². The maximum Gasteiger partial charge on any atom is 0.573 e. The Morgan fingerprint density at radius 2 is 1.60 bits per heavy atom. The minimum Gasteiger partial charge on any atom is -0.462 e. The number of hydrogen-bond donors (Lipinski definition) is 1. The van der Waals surface area contributed by atoms with Crippen LogP contribution in [0.4, 0.5) is 18.0 Å². The highest BCUT2D eigenvalue weighted by Crippen LogP contribution is 2.27. The van der Waals surface area contributed by atoms with Crippen LogP contribution in [-0.4, -0.2) is 91.5 Å². The lowest BCUT2D eigenvalue weighted by molar-refractivity contribution is -0.303. The third-order valence-corrected chi connectivity index (χ3v) is 5.66. The Hall–Kier alpha value is -2.05. The average molecular weight is 569 g/mol. The van der Waals surface area contributed by atoms with Crippen LogP contribution in [0.1, 0.15) is 33.6 Å². The molecule has 2 amide bonds. The molecule has 0 unspecified atom stereocenters. The van der Waals surface area contributed by atoms with E-state index < -0.39 is 18.2 Å². The first kappa shape index (κ1) is 31.0. The summed E-state index contributed by atoms with van der Waals surface area (Å²) in [5, 5.41) is 2.50. The van der Waals surface area contributed by atoms with Gasteiger partial charge in [0.2, 0.25) is 0 Å². The van der Waals surface area contributed by atoms with E-state index in [0.29, 0.717) is 25.6 Å². The van der Waals surface area contributed by atoms with Gasteiger partial charge in [-0.25, -0.2) is 4.79 Å². The Morgan fingerprint density at radius 1 is 1.06 bits per heavy atom. The molecule has 0 aromatic heterocycles. The highest BCUT2D eigenvalue weighted by Gasteiger charge is 2.33. The van der Waals surface area contributed by atoms with Gasteiger partial charge in [-0.1, -0.05) is 13.2 Å². The highest BCUT2D eigenvalue weighted by molar-refractivity contribution is 9.11. The Balaban J connectivity index is 0.000000762. The first-order valence-corrected chi connectivity index (χ1v) is 12.0. The fraction of sp³-hybridized carbons (Fsp3) is 0.652. The number of nitrogens with one attached hydrogen (secondary N) is 1. The number of allylic oxidation sites excluding steroid dienone is 2. The van der Waals surface area contributed by atoms with Crippen LogP contribution >= 0.6 is 15.9 Å². The summed E-state index contributed by atoms with van der Waals surface area (Å²) >= 11 is 2.85. The number of piperazine rings is 1. The molecule has 0 aromatic carbocycles. The molecule has 2 heterocycles. The molecule has 2 aliphatic heterocycles.